The summed E-state index contributed by atoms with van der Waals surface area (Å²) >= 11 is 0. The Hall–Kier alpha value is -4.21. The van der Waals surface area contributed by atoms with Gasteiger partial charge >= 0.3 is 0 Å². The van der Waals surface area contributed by atoms with Gasteiger partial charge < -0.3 is 9.80 Å². The molecule has 4 aromatic heterocycles. The van der Waals surface area contributed by atoms with Gasteiger partial charge in [-0.25, -0.2) is 13.6 Å². The predicted molar refractivity (Wildman–Crippen MR) is 127 cm³/mol. The number of hydrogen-bond donors (Lipinski definition) is 0. The van der Waals surface area contributed by atoms with Crippen molar-refractivity contribution in [3.63, 3.8) is 0 Å². The molecule has 0 N–H and O–H groups in total. The van der Waals surface area contributed by atoms with Crippen LogP contribution in [0.25, 0.3) is 16.6 Å². The summed E-state index contributed by atoms with van der Waals surface area (Å²) < 4.78 is 18.8. The van der Waals surface area contributed by atoms with Crippen LogP contribution in [0, 0.1) is 5.82 Å². The normalized spacial score (nSPS) is 14.3. The Morgan fingerprint density at radius 2 is 1.62 bits per heavy atom. The second-order valence-electron chi connectivity index (χ2n) is 8.50. The van der Waals surface area contributed by atoms with E-state index in [1.165, 1.54) is 12.1 Å². The van der Waals surface area contributed by atoms with E-state index in [-0.39, 0.29) is 5.82 Å². The summed E-state index contributed by atoms with van der Waals surface area (Å²) in [4.78, 5) is 9.11. The summed E-state index contributed by atoms with van der Waals surface area (Å²) in [5, 5.41) is 13.3. The van der Waals surface area contributed by atoms with Crippen LogP contribution >= 0.6 is 0 Å². The molecule has 0 amide bonds. The minimum absolute atomic E-state index is 0.236. The summed E-state index contributed by atoms with van der Waals surface area (Å²) in [6.07, 6.45) is 9.43. The molecule has 1 aliphatic rings. The number of aromatic nitrogens is 7. The number of benzene rings is 1. The van der Waals surface area contributed by atoms with Crippen molar-refractivity contribution in [3.8, 4) is 11.1 Å². The molecule has 172 valence electrons. The van der Waals surface area contributed by atoms with E-state index in [1.807, 2.05) is 41.0 Å². The summed E-state index contributed by atoms with van der Waals surface area (Å²) in [6, 6.07) is 10.7. The molecule has 0 unspecified atom stereocenters. The number of fused-ring (bicyclic) bond motifs is 1. The van der Waals surface area contributed by atoms with Crippen molar-refractivity contribution in [1.82, 2.24) is 34.2 Å². The zero-order valence-electron chi connectivity index (χ0n) is 18.8. The topological polar surface area (TPSA) is 72.3 Å². The molecule has 1 fully saturated rings. The van der Waals surface area contributed by atoms with Crippen LogP contribution in [-0.4, -0.2) is 60.3 Å². The minimum Gasteiger partial charge on any atom is -0.365 e. The standard InChI is InChI=1S/C24H24FN9/c1-30-15-20(12-27-30)19-4-7-22-23(13-28-33(22)16-19)31-8-10-32(11-9-31)24-26-17-29-34(24)14-18-2-5-21(25)6-3-18/h2-7,12-13,15-17H,8-11,14H2,1H3. The lowest BCUT2D eigenvalue weighted by molar-refractivity contribution is 0.600. The van der Waals surface area contributed by atoms with E-state index in [2.05, 4.69) is 42.2 Å². The Morgan fingerprint density at radius 1 is 0.824 bits per heavy atom. The van der Waals surface area contributed by atoms with Gasteiger partial charge in [-0.15, -0.1) is 0 Å². The van der Waals surface area contributed by atoms with Crippen LogP contribution in [0.15, 0.2) is 67.5 Å². The Bertz CT molecular complexity index is 1420. The van der Waals surface area contributed by atoms with E-state index in [4.69, 9.17) is 0 Å². The van der Waals surface area contributed by atoms with Gasteiger partial charge in [-0.2, -0.15) is 20.3 Å². The first kappa shape index (κ1) is 20.4. The number of halogens is 1. The van der Waals surface area contributed by atoms with Gasteiger partial charge in [0, 0.05) is 56.7 Å². The molecule has 0 atom stereocenters. The Balaban J connectivity index is 1.16. The van der Waals surface area contributed by atoms with Crippen LogP contribution in [0.2, 0.25) is 0 Å². The molecule has 34 heavy (non-hydrogen) atoms. The maximum Gasteiger partial charge on any atom is 0.224 e. The number of pyridine rings is 1. The Morgan fingerprint density at radius 3 is 2.38 bits per heavy atom. The van der Waals surface area contributed by atoms with Gasteiger partial charge in [0.25, 0.3) is 0 Å². The highest BCUT2D eigenvalue weighted by Crippen LogP contribution is 2.27. The van der Waals surface area contributed by atoms with Crippen LogP contribution in [0.5, 0.6) is 0 Å². The van der Waals surface area contributed by atoms with Gasteiger partial charge in [0.15, 0.2) is 0 Å². The van der Waals surface area contributed by atoms with E-state index in [0.717, 1.165) is 60.0 Å². The summed E-state index contributed by atoms with van der Waals surface area (Å²) in [6.45, 7) is 3.92. The predicted octanol–water partition coefficient (Wildman–Crippen LogP) is 2.84. The molecule has 0 radical (unpaired) electrons. The van der Waals surface area contributed by atoms with Crippen LogP contribution < -0.4 is 9.80 Å². The first-order valence-electron chi connectivity index (χ1n) is 11.2. The van der Waals surface area contributed by atoms with E-state index in [0.29, 0.717) is 6.54 Å². The zero-order chi connectivity index (χ0) is 23.1. The first-order chi connectivity index (χ1) is 16.6. The van der Waals surface area contributed by atoms with Crippen molar-refractivity contribution in [2.45, 2.75) is 6.54 Å². The van der Waals surface area contributed by atoms with Crippen molar-refractivity contribution >= 4 is 17.2 Å². The van der Waals surface area contributed by atoms with Gasteiger partial charge in [-0.1, -0.05) is 18.2 Å². The maximum absolute atomic E-state index is 13.2. The van der Waals surface area contributed by atoms with Crippen molar-refractivity contribution < 1.29 is 4.39 Å². The fourth-order valence-electron chi connectivity index (χ4n) is 4.48. The van der Waals surface area contributed by atoms with Gasteiger partial charge in [0.1, 0.15) is 12.1 Å². The van der Waals surface area contributed by atoms with Crippen molar-refractivity contribution in [2.24, 2.45) is 7.05 Å². The van der Waals surface area contributed by atoms with E-state index >= 15 is 0 Å². The first-order valence-corrected chi connectivity index (χ1v) is 11.2. The number of rotatable bonds is 5. The lowest BCUT2D eigenvalue weighted by Crippen LogP contribution is -2.47. The van der Waals surface area contributed by atoms with Crippen LogP contribution in [-0.2, 0) is 13.6 Å². The third kappa shape index (κ3) is 3.76. The molecular formula is C24H24FN9. The number of aryl methyl sites for hydroxylation is 1. The Labute approximate surface area is 195 Å². The molecule has 9 nitrogen and oxygen atoms in total. The summed E-state index contributed by atoms with van der Waals surface area (Å²) in [7, 11) is 1.92. The molecule has 1 aromatic carbocycles. The van der Waals surface area contributed by atoms with E-state index < -0.39 is 0 Å². The molecule has 10 heteroatoms. The van der Waals surface area contributed by atoms with Crippen LogP contribution in [0.1, 0.15) is 5.56 Å². The largest absolute Gasteiger partial charge is 0.365 e. The summed E-state index contributed by atoms with van der Waals surface area (Å²) in [5.74, 6) is 0.602. The molecule has 6 rings (SSSR count). The third-order valence-corrected chi connectivity index (χ3v) is 6.28. The SMILES string of the molecule is Cn1cc(-c2ccc3c(N4CCN(c5ncnn5Cc5ccc(F)cc5)CC4)cnn3c2)cn1. The van der Waals surface area contributed by atoms with Crippen molar-refractivity contribution in [1.29, 1.82) is 0 Å². The quantitative estimate of drug-likeness (QED) is 0.404. The van der Waals surface area contributed by atoms with Gasteiger partial charge in [0.05, 0.1) is 30.1 Å². The minimum atomic E-state index is -0.236. The number of nitrogens with zero attached hydrogens (tertiary/aromatic N) is 9. The summed E-state index contributed by atoms with van der Waals surface area (Å²) in [5.41, 5.74) is 5.36. The molecule has 0 bridgehead atoms. The number of anilines is 2. The monoisotopic (exact) mass is 457 g/mol. The second-order valence-corrected chi connectivity index (χ2v) is 8.50. The van der Waals surface area contributed by atoms with Crippen LogP contribution in [0.4, 0.5) is 16.0 Å². The average Bonchev–Trinajstić information content (AvgIpc) is 3.60. The molecule has 0 aliphatic carbocycles. The van der Waals surface area contributed by atoms with E-state index in [9.17, 15) is 4.39 Å². The molecular weight excluding hydrogens is 433 g/mol. The average molecular weight is 458 g/mol. The fraction of sp³-hybridized carbons (Fsp3) is 0.250. The van der Waals surface area contributed by atoms with Crippen molar-refractivity contribution in [2.75, 3.05) is 36.0 Å². The van der Waals surface area contributed by atoms with Gasteiger partial charge in [-0.05, 0) is 23.8 Å². The van der Waals surface area contributed by atoms with Crippen LogP contribution in [0.3, 0.4) is 0 Å². The van der Waals surface area contributed by atoms with E-state index in [1.54, 1.807) is 23.1 Å². The lowest BCUT2D eigenvalue weighted by Gasteiger charge is -2.36. The molecule has 0 saturated carbocycles. The Kier molecular flexibility index (Phi) is 4.97. The van der Waals surface area contributed by atoms with Gasteiger partial charge in [-0.3, -0.25) is 4.68 Å². The second kappa shape index (κ2) is 8.29. The fourth-order valence-corrected chi connectivity index (χ4v) is 4.48. The smallest absolute Gasteiger partial charge is 0.224 e. The molecule has 1 aliphatic heterocycles. The van der Waals surface area contributed by atoms with Gasteiger partial charge in [0.2, 0.25) is 5.95 Å². The zero-order valence-corrected chi connectivity index (χ0v) is 18.8. The highest BCUT2D eigenvalue weighted by molar-refractivity contribution is 5.75. The highest BCUT2D eigenvalue weighted by atomic mass is 19.1. The molecule has 5 heterocycles. The third-order valence-electron chi connectivity index (χ3n) is 6.28. The molecule has 0 spiro atoms. The highest BCUT2D eigenvalue weighted by Gasteiger charge is 2.23. The lowest BCUT2D eigenvalue weighted by atomic mass is 10.1. The number of hydrogen-bond acceptors (Lipinski definition) is 6. The van der Waals surface area contributed by atoms with Crippen molar-refractivity contribution in [3.05, 3.63) is 78.9 Å². The molecule has 5 aromatic rings. The maximum atomic E-state index is 13.2. The molecule has 1 saturated heterocycles. The number of piperazine rings is 1.